The molecule has 2 aromatic carbocycles. The first kappa shape index (κ1) is 22.8. The standard InChI is InChI=1S/C19H16Cl2N6O5/c1-31-11-4-6-14(15(8-11)32-2)24-17-16(27(29)30)18(23-9-22-17)25-26-19(28)12-5-3-10(20)7-13(12)21/h3-9H,1-2H3,(H,26,28)(H2,22,23,24,25). The van der Waals surface area contributed by atoms with E-state index in [0.717, 1.165) is 6.33 Å². The monoisotopic (exact) mass is 478 g/mol. The Morgan fingerprint density at radius 1 is 1.06 bits per heavy atom. The van der Waals surface area contributed by atoms with Crippen molar-refractivity contribution in [2.45, 2.75) is 0 Å². The first-order valence-electron chi connectivity index (χ1n) is 8.84. The van der Waals surface area contributed by atoms with Crippen molar-refractivity contribution in [3.8, 4) is 11.5 Å². The van der Waals surface area contributed by atoms with E-state index in [1.165, 1.54) is 32.4 Å². The molecule has 0 fully saturated rings. The lowest BCUT2D eigenvalue weighted by Gasteiger charge is -2.13. The van der Waals surface area contributed by atoms with Gasteiger partial charge in [0, 0.05) is 11.1 Å². The number of amides is 1. The lowest BCUT2D eigenvalue weighted by atomic mass is 10.2. The van der Waals surface area contributed by atoms with Crippen LogP contribution >= 0.6 is 23.2 Å². The van der Waals surface area contributed by atoms with Crippen LogP contribution in [0.25, 0.3) is 0 Å². The fraction of sp³-hybridized carbons (Fsp3) is 0.105. The minimum atomic E-state index is -0.692. The molecule has 0 spiro atoms. The summed E-state index contributed by atoms with van der Waals surface area (Å²) in [5, 5.41) is 15.0. The molecule has 11 nitrogen and oxygen atoms in total. The molecule has 0 saturated carbocycles. The first-order valence-corrected chi connectivity index (χ1v) is 9.59. The molecule has 0 aliphatic heterocycles. The number of methoxy groups -OCH3 is 2. The number of nitro groups is 1. The molecule has 0 atom stereocenters. The molecule has 32 heavy (non-hydrogen) atoms. The van der Waals surface area contributed by atoms with E-state index < -0.39 is 16.5 Å². The molecule has 0 aliphatic rings. The number of nitrogens with zero attached hydrogens (tertiary/aromatic N) is 3. The number of anilines is 3. The second-order valence-electron chi connectivity index (χ2n) is 6.07. The summed E-state index contributed by atoms with van der Waals surface area (Å²) >= 11 is 11.8. The van der Waals surface area contributed by atoms with Crippen molar-refractivity contribution in [3.05, 3.63) is 68.4 Å². The summed E-state index contributed by atoms with van der Waals surface area (Å²) < 4.78 is 10.4. The van der Waals surface area contributed by atoms with Crippen molar-refractivity contribution in [2.75, 3.05) is 25.0 Å². The van der Waals surface area contributed by atoms with E-state index in [-0.39, 0.29) is 22.2 Å². The SMILES string of the molecule is COc1ccc(Nc2ncnc(NNC(=O)c3ccc(Cl)cc3Cl)c2[N+](=O)[O-])c(OC)c1. The van der Waals surface area contributed by atoms with Crippen molar-refractivity contribution in [1.82, 2.24) is 15.4 Å². The third kappa shape index (κ3) is 5.07. The highest BCUT2D eigenvalue weighted by molar-refractivity contribution is 6.36. The van der Waals surface area contributed by atoms with E-state index in [1.54, 1.807) is 18.2 Å². The molecule has 3 N–H and O–H groups in total. The molecule has 0 saturated heterocycles. The van der Waals surface area contributed by atoms with Gasteiger partial charge in [-0.15, -0.1) is 0 Å². The Balaban J connectivity index is 1.87. The number of aromatic nitrogens is 2. The Hall–Kier alpha value is -3.83. The first-order chi connectivity index (χ1) is 15.3. The molecule has 166 valence electrons. The van der Waals surface area contributed by atoms with Gasteiger partial charge in [-0.2, -0.15) is 0 Å². The van der Waals surface area contributed by atoms with Crippen LogP contribution < -0.4 is 25.6 Å². The summed E-state index contributed by atoms with van der Waals surface area (Å²) in [6.07, 6.45) is 1.09. The van der Waals surface area contributed by atoms with Gasteiger partial charge in [-0.1, -0.05) is 23.2 Å². The largest absolute Gasteiger partial charge is 0.497 e. The van der Waals surface area contributed by atoms with E-state index in [1.807, 2.05) is 0 Å². The van der Waals surface area contributed by atoms with Gasteiger partial charge in [-0.25, -0.2) is 9.97 Å². The van der Waals surface area contributed by atoms with Gasteiger partial charge in [0.1, 0.15) is 17.8 Å². The van der Waals surface area contributed by atoms with Crippen molar-refractivity contribution in [2.24, 2.45) is 0 Å². The number of hydrazine groups is 1. The number of carbonyl (C=O) groups is 1. The molecule has 3 rings (SSSR count). The second kappa shape index (κ2) is 9.98. The normalized spacial score (nSPS) is 10.2. The highest BCUT2D eigenvalue weighted by Gasteiger charge is 2.25. The number of carbonyl (C=O) groups excluding carboxylic acids is 1. The average molecular weight is 479 g/mol. The van der Waals surface area contributed by atoms with Crippen LogP contribution in [0, 0.1) is 10.1 Å². The maximum atomic E-state index is 12.4. The molecule has 13 heteroatoms. The molecular weight excluding hydrogens is 463 g/mol. The fourth-order valence-electron chi connectivity index (χ4n) is 2.62. The molecule has 0 aliphatic carbocycles. The van der Waals surface area contributed by atoms with Gasteiger partial charge in [0.05, 0.1) is 35.4 Å². The van der Waals surface area contributed by atoms with Crippen LogP contribution in [0.2, 0.25) is 10.0 Å². The van der Waals surface area contributed by atoms with Gasteiger partial charge < -0.3 is 14.8 Å². The maximum Gasteiger partial charge on any atom is 0.355 e. The Morgan fingerprint density at radius 2 is 1.81 bits per heavy atom. The van der Waals surface area contributed by atoms with Gasteiger partial charge >= 0.3 is 5.69 Å². The quantitative estimate of drug-likeness (QED) is 0.320. The number of ether oxygens (including phenoxy) is 2. The number of benzene rings is 2. The van der Waals surface area contributed by atoms with E-state index in [2.05, 4.69) is 26.1 Å². The van der Waals surface area contributed by atoms with E-state index in [0.29, 0.717) is 22.2 Å². The summed E-state index contributed by atoms with van der Waals surface area (Å²) in [6, 6.07) is 9.16. The van der Waals surface area contributed by atoms with E-state index in [9.17, 15) is 14.9 Å². The van der Waals surface area contributed by atoms with Crippen LogP contribution in [0.1, 0.15) is 10.4 Å². The summed E-state index contributed by atoms with van der Waals surface area (Å²) in [6.45, 7) is 0. The third-order valence-corrected chi connectivity index (χ3v) is 4.68. The van der Waals surface area contributed by atoms with Crippen LogP contribution in [-0.4, -0.2) is 35.0 Å². The van der Waals surface area contributed by atoms with Gasteiger partial charge in [0.2, 0.25) is 11.6 Å². The molecule has 1 amide bonds. The fourth-order valence-corrected chi connectivity index (χ4v) is 3.12. The van der Waals surface area contributed by atoms with Crippen molar-refractivity contribution in [3.63, 3.8) is 0 Å². The van der Waals surface area contributed by atoms with Gasteiger partial charge in [-0.3, -0.25) is 25.8 Å². The van der Waals surface area contributed by atoms with Crippen molar-refractivity contribution >= 4 is 52.1 Å². The minimum Gasteiger partial charge on any atom is -0.497 e. The van der Waals surface area contributed by atoms with Crippen LogP contribution in [0.15, 0.2) is 42.7 Å². The minimum absolute atomic E-state index is 0.113. The van der Waals surface area contributed by atoms with Gasteiger partial charge in [-0.05, 0) is 30.3 Å². The smallest absolute Gasteiger partial charge is 0.355 e. The van der Waals surface area contributed by atoms with Gasteiger partial charge in [0.15, 0.2) is 0 Å². The zero-order valence-electron chi connectivity index (χ0n) is 16.7. The average Bonchev–Trinajstić information content (AvgIpc) is 2.77. The molecule has 3 aromatic rings. The summed E-state index contributed by atoms with van der Waals surface area (Å²) in [5.41, 5.74) is 4.76. The van der Waals surface area contributed by atoms with Crippen LogP contribution in [-0.2, 0) is 0 Å². The Kier molecular flexibility index (Phi) is 7.13. The topological polar surface area (TPSA) is 141 Å². The zero-order valence-corrected chi connectivity index (χ0v) is 18.2. The van der Waals surface area contributed by atoms with Crippen molar-refractivity contribution < 1.29 is 19.2 Å². The van der Waals surface area contributed by atoms with Crippen LogP contribution in [0.4, 0.5) is 23.0 Å². The summed E-state index contributed by atoms with van der Waals surface area (Å²) in [4.78, 5) is 31.2. The second-order valence-corrected chi connectivity index (χ2v) is 6.91. The Bertz CT molecular complexity index is 1180. The third-order valence-electron chi connectivity index (χ3n) is 4.14. The number of hydrogen-bond acceptors (Lipinski definition) is 9. The lowest BCUT2D eigenvalue weighted by Crippen LogP contribution is -2.30. The predicted octanol–water partition coefficient (Wildman–Crippen LogP) is 4.21. The lowest BCUT2D eigenvalue weighted by molar-refractivity contribution is -0.383. The molecule has 1 aromatic heterocycles. The van der Waals surface area contributed by atoms with E-state index in [4.69, 9.17) is 32.7 Å². The molecule has 0 unspecified atom stereocenters. The number of hydrogen-bond donors (Lipinski definition) is 3. The molecule has 0 bridgehead atoms. The number of nitrogens with one attached hydrogen (secondary N) is 3. The molecule has 0 radical (unpaired) electrons. The zero-order chi connectivity index (χ0) is 23.3. The number of rotatable bonds is 8. The molecular formula is C19H16Cl2N6O5. The summed E-state index contributed by atoms with van der Waals surface area (Å²) in [5.74, 6) is -0.118. The summed E-state index contributed by atoms with van der Waals surface area (Å²) in [7, 11) is 2.94. The van der Waals surface area contributed by atoms with Gasteiger partial charge in [0.25, 0.3) is 5.91 Å². The highest BCUT2D eigenvalue weighted by Crippen LogP contribution is 2.35. The Labute approximate surface area is 191 Å². The Morgan fingerprint density at radius 3 is 2.47 bits per heavy atom. The van der Waals surface area contributed by atoms with E-state index >= 15 is 0 Å². The van der Waals surface area contributed by atoms with Crippen LogP contribution in [0.3, 0.4) is 0 Å². The predicted molar refractivity (Wildman–Crippen MR) is 119 cm³/mol. The molecule has 1 heterocycles. The highest BCUT2D eigenvalue weighted by atomic mass is 35.5. The maximum absolute atomic E-state index is 12.4. The van der Waals surface area contributed by atoms with Crippen LogP contribution in [0.5, 0.6) is 11.5 Å². The number of halogens is 2. The van der Waals surface area contributed by atoms with Crippen molar-refractivity contribution in [1.29, 1.82) is 0 Å².